The third-order valence-electron chi connectivity index (χ3n) is 7.73. The molecular formula is C32H29ClN8O2. The van der Waals surface area contributed by atoms with Gasteiger partial charge in [0, 0.05) is 42.6 Å². The molecule has 0 spiro atoms. The molecule has 43 heavy (non-hydrogen) atoms. The Labute approximate surface area is 254 Å². The van der Waals surface area contributed by atoms with Crippen LogP contribution in [-0.2, 0) is 17.6 Å². The van der Waals surface area contributed by atoms with Crippen molar-refractivity contribution in [3.63, 3.8) is 0 Å². The molecule has 6 bridgehead atoms. The van der Waals surface area contributed by atoms with Gasteiger partial charge in [0.15, 0.2) is 5.82 Å². The maximum Gasteiger partial charge on any atom is 0.253 e. The van der Waals surface area contributed by atoms with E-state index in [-0.39, 0.29) is 17.7 Å². The Balaban J connectivity index is 1.13. The van der Waals surface area contributed by atoms with E-state index in [1.807, 2.05) is 30.5 Å². The summed E-state index contributed by atoms with van der Waals surface area (Å²) in [5.74, 6) is 0.911. The van der Waals surface area contributed by atoms with Crippen LogP contribution in [0.2, 0.25) is 5.02 Å². The molecule has 11 heteroatoms. The molecule has 4 aromatic rings. The number of piperidine rings is 1. The molecule has 0 atom stereocenters. The summed E-state index contributed by atoms with van der Waals surface area (Å²) < 4.78 is 0. The number of aromatic nitrogens is 3. The number of carbonyl (C=O) groups excluding carboxylic acids is 2. The number of fused-ring (bicyclic) bond motifs is 6. The largest absolute Gasteiger partial charge is 0.339 e. The summed E-state index contributed by atoms with van der Waals surface area (Å²) >= 11 is 6.38. The number of likely N-dealkylation sites (tertiary alicyclic amines) is 1. The molecule has 2 aromatic carbocycles. The quantitative estimate of drug-likeness (QED) is 0.268. The first kappa shape index (κ1) is 28.1. The zero-order valence-electron chi connectivity index (χ0n) is 23.3. The van der Waals surface area contributed by atoms with E-state index in [4.69, 9.17) is 16.9 Å². The maximum atomic E-state index is 13.2. The molecule has 0 aliphatic carbocycles. The van der Waals surface area contributed by atoms with E-state index in [0.717, 1.165) is 47.5 Å². The predicted octanol–water partition coefficient (Wildman–Crippen LogP) is 5.86. The fourth-order valence-corrected chi connectivity index (χ4v) is 5.60. The zero-order valence-corrected chi connectivity index (χ0v) is 24.1. The second-order valence-corrected chi connectivity index (χ2v) is 11.2. The molecule has 3 N–H and O–H groups in total. The highest BCUT2D eigenvalue weighted by Crippen LogP contribution is 2.30. The minimum atomic E-state index is -0.0790. The van der Waals surface area contributed by atoms with Gasteiger partial charge in [-0.1, -0.05) is 17.7 Å². The van der Waals surface area contributed by atoms with Gasteiger partial charge in [-0.05, 0) is 85.2 Å². The van der Waals surface area contributed by atoms with Crippen molar-refractivity contribution in [1.82, 2.24) is 19.9 Å². The minimum absolute atomic E-state index is 0.0530. The molecule has 4 heterocycles. The fraction of sp³-hybridized carbons (Fsp3) is 0.250. The molecule has 10 nitrogen and oxygen atoms in total. The molecule has 0 radical (unpaired) electrons. The van der Waals surface area contributed by atoms with Gasteiger partial charge >= 0.3 is 0 Å². The van der Waals surface area contributed by atoms with Gasteiger partial charge in [-0.2, -0.15) is 10.2 Å². The van der Waals surface area contributed by atoms with E-state index in [1.165, 1.54) is 6.20 Å². The van der Waals surface area contributed by atoms with Crippen molar-refractivity contribution >= 4 is 52.2 Å². The summed E-state index contributed by atoms with van der Waals surface area (Å²) in [4.78, 5) is 41.1. The van der Waals surface area contributed by atoms with E-state index >= 15 is 0 Å². The van der Waals surface area contributed by atoms with Crippen LogP contribution in [0.4, 0.5) is 28.8 Å². The monoisotopic (exact) mass is 592 g/mol. The number of nitrogens with zero attached hydrogens (tertiary/aromatic N) is 5. The smallest absolute Gasteiger partial charge is 0.253 e. The lowest BCUT2D eigenvalue weighted by Crippen LogP contribution is -2.39. The molecule has 0 saturated carbocycles. The summed E-state index contributed by atoms with van der Waals surface area (Å²) in [7, 11) is 0. The van der Waals surface area contributed by atoms with E-state index in [9.17, 15) is 9.59 Å². The standard InChI is InChI=1S/C32H29ClN8O2/c33-27-19-36-32-38-26-13-22(17-35-18-26)4-5-23-15-25(37-30(27)40-32)6-7-28(23)39-29(42)14-20-8-10-41(11-9-20)31(43)24-3-1-2-21(12-24)16-34/h1-3,6-7,12-13,15,17-20H,4-5,8-11,14H2,(H,39,42)(H2,36,37,38,40). The first-order valence-corrected chi connectivity index (χ1v) is 14.5. The first-order valence-electron chi connectivity index (χ1n) is 14.2. The lowest BCUT2D eigenvalue weighted by Gasteiger charge is -2.32. The molecule has 2 aromatic heterocycles. The molecule has 216 valence electrons. The van der Waals surface area contributed by atoms with Crippen LogP contribution in [0.3, 0.4) is 0 Å². The van der Waals surface area contributed by atoms with E-state index < -0.39 is 0 Å². The minimum Gasteiger partial charge on any atom is -0.339 e. The second-order valence-electron chi connectivity index (χ2n) is 10.8. The van der Waals surface area contributed by atoms with Crippen molar-refractivity contribution in [2.24, 2.45) is 5.92 Å². The number of nitriles is 1. The van der Waals surface area contributed by atoms with Crippen LogP contribution in [0.5, 0.6) is 0 Å². The Hall–Kier alpha value is -5.01. The van der Waals surface area contributed by atoms with Crippen molar-refractivity contribution in [3.8, 4) is 6.07 Å². The van der Waals surface area contributed by atoms with Crippen LogP contribution < -0.4 is 16.0 Å². The number of benzene rings is 2. The number of aryl methyl sites for hydroxylation is 2. The van der Waals surface area contributed by atoms with Gasteiger partial charge in [0.25, 0.3) is 5.91 Å². The Morgan fingerprint density at radius 3 is 2.72 bits per heavy atom. The number of rotatable bonds is 4. The number of hydrogen-bond donors (Lipinski definition) is 3. The maximum absolute atomic E-state index is 13.2. The molecule has 6 rings (SSSR count). The van der Waals surface area contributed by atoms with Crippen LogP contribution in [0.15, 0.2) is 67.1 Å². The zero-order chi connectivity index (χ0) is 29.8. The first-order chi connectivity index (χ1) is 20.9. The Bertz CT molecular complexity index is 1730. The number of amides is 2. The van der Waals surface area contributed by atoms with Gasteiger partial charge in [-0.3, -0.25) is 14.6 Å². The highest BCUT2D eigenvalue weighted by atomic mass is 35.5. The highest BCUT2D eigenvalue weighted by Gasteiger charge is 2.25. The average molecular weight is 593 g/mol. The normalized spacial score (nSPS) is 14.6. The van der Waals surface area contributed by atoms with Crippen LogP contribution >= 0.6 is 11.6 Å². The third-order valence-corrected chi connectivity index (χ3v) is 8.01. The fourth-order valence-electron chi connectivity index (χ4n) is 5.46. The summed E-state index contributed by atoms with van der Waals surface area (Å²) in [6.45, 7) is 1.16. The average Bonchev–Trinajstić information content (AvgIpc) is 3.03. The van der Waals surface area contributed by atoms with Gasteiger partial charge in [0.1, 0.15) is 5.02 Å². The van der Waals surface area contributed by atoms with E-state index in [1.54, 1.807) is 35.4 Å². The van der Waals surface area contributed by atoms with E-state index in [2.05, 4.69) is 37.0 Å². The lowest BCUT2D eigenvalue weighted by molar-refractivity contribution is -0.117. The SMILES string of the molecule is N#Cc1cccc(C(=O)N2CCC(CC(=O)Nc3ccc4cc3CCc3cncc(c3)Nc3ncc(Cl)c(n3)N4)CC2)c1. The Morgan fingerprint density at radius 2 is 1.88 bits per heavy atom. The van der Waals surface area contributed by atoms with Crippen LogP contribution in [0, 0.1) is 17.2 Å². The topological polar surface area (TPSA) is 136 Å². The molecule has 2 amide bonds. The lowest BCUT2D eigenvalue weighted by atomic mass is 9.92. The van der Waals surface area contributed by atoms with Crippen LogP contribution in [0.25, 0.3) is 0 Å². The summed E-state index contributed by atoms with van der Waals surface area (Å²) in [5.41, 5.74) is 5.31. The number of halogens is 1. The van der Waals surface area contributed by atoms with Crippen LogP contribution in [-0.4, -0.2) is 44.8 Å². The third kappa shape index (κ3) is 6.74. The number of nitrogens with one attached hydrogen (secondary N) is 3. The van der Waals surface area contributed by atoms with Crippen molar-refractivity contribution < 1.29 is 9.59 Å². The Morgan fingerprint density at radius 1 is 1.02 bits per heavy atom. The van der Waals surface area contributed by atoms with Crippen molar-refractivity contribution in [2.75, 3.05) is 29.0 Å². The molecule has 0 unspecified atom stereocenters. The van der Waals surface area contributed by atoms with Gasteiger partial charge < -0.3 is 20.9 Å². The highest BCUT2D eigenvalue weighted by molar-refractivity contribution is 6.32. The second kappa shape index (κ2) is 12.5. The van der Waals surface area contributed by atoms with Gasteiger partial charge in [-0.15, -0.1) is 0 Å². The predicted molar refractivity (Wildman–Crippen MR) is 165 cm³/mol. The number of pyridine rings is 1. The number of anilines is 5. The van der Waals surface area contributed by atoms with Gasteiger partial charge in [0.2, 0.25) is 11.9 Å². The molecule has 1 fully saturated rings. The van der Waals surface area contributed by atoms with Gasteiger partial charge in [-0.25, -0.2) is 4.98 Å². The van der Waals surface area contributed by atoms with Crippen LogP contribution in [0.1, 0.15) is 46.3 Å². The summed E-state index contributed by atoms with van der Waals surface area (Å²) in [6, 6.07) is 16.6. The number of carbonyl (C=O) groups is 2. The van der Waals surface area contributed by atoms with Crippen molar-refractivity contribution in [2.45, 2.75) is 32.1 Å². The Kier molecular flexibility index (Phi) is 8.16. The molecule has 1 saturated heterocycles. The number of hydrogen-bond acceptors (Lipinski definition) is 8. The van der Waals surface area contributed by atoms with Gasteiger partial charge in [0.05, 0.1) is 29.7 Å². The molecule has 2 aliphatic heterocycles. The van der Waals surface area contributed by atoms with Crippen molar-refractivity contribution in [1.29, 1.82) is 5.26 Å². The van der Waals surface area contributed by atoms with E-state index in [0.29, 0.717) is 53.8 Å². The molecular weight excluding hydrogens is 564 g/mol. The summed E-state index contributed by atoms with van der Waals surface area (Å²) in [6.07, 6.45) is 8.35. The molecule has 2 aliphatic rings. The van der Waals surface area contributed by atoms with Crippen molar-refractivity contribution in [3.05, 3.63) is 94.4 Å². The summed E-state index contributed by atoms with van der Waals surface area (Å²) in [5, 5.41) is 19.1.